The van der Waals surface area contributed by atoms with E-state index in [9.17, 15) is 14.4 Å². The lowest BCUT2D eigenvalue weighted by atomic mass is 10.2. The minimum absolute atomic E-state index is 0.141. The zero-order valence-corrected chi connectivity index (χ0v) is 15.5. The van der Waals surface area contributed by atoms with Gasteiger partial charge in [0.2, 0.25) is 0 Å². The monoisotopic (exact) mass is 388 g/mol. The van der Waals surface area contributed by atoms with Crippen LogP contribution in [0.3, 0.4) is 0 Å². The van der Waals surface area contributed by atoms with Gasteiger partial charge in [-0.25, -0.2) is 14.3 Å². The molecule has 1 N–H and O–H groups in total. The van der Waals surface area contributed by atoms with Crippen LogP contribution in [0.15, 0.2) is 41.3 Å². The molecule has 1 aromatic carbocycles. The van der Waals surface area contributed by atoms with Gasteiger partial charge in [-0.05, 0) is 38.1 Å². The number of benzene rings is 1. The van der Waals surface area contributed by atoms with Crippen LogP contribution in [0, 0.1) is 0 Å². The maximum Gasteiger partial charge on any atom is 0.345 e. The van der Waals surface area contributed by atoms with Crippen LogP contribution in [0.1, 0.15) is 34.7 Å². The summed E-state index contributed by atoms with van der Waals surface area (Å²) in [6, 6.07) is 8.30. The minimum Gasteiger partial charge on any atom is -0.462 e. The van der Waals surface area contributed by atoms with E-state index in [2.05, 4.69) is 10.1 Å². The molecular weight excluding hydrogens is 372 g/mol. The van der Waals surface area contributed by atoms with Crippen molar-refractivity contribution in [2.75, 3.05) is 18.1 Å². The van der Waals surface area contributed by atoms with Gasteiger partial charge in [0.05, 0.1) is 6.61 Å². The molecule has 3 aromatic rings. The lowest BCUT2D eigenvalue weighted by molar-refractivity contribution is 0.0523. The highest BCUT2D eigenvalue weighted by atomic mass is 35.5. The molecule has 2 heterocycles. The van der Waals surface area contributed by atoms with Crippen molar-refractivity contribution in [3.63, 3.8) is 0 Å². The summed E-state index contributed by atoms with van der Waals surface area (Å²) in [5, 5.41) is 3.28. The Morgan fingerprint density at radius 3 is 2.59 bits per heavy atom. The number of anilines is 1. The summed E-state index contributed by atoms with van der Waals surface area (Å²) in [5.74, 6) is -1.11. The van der Waals surface area contributed by atoms with Crippen LogP contribution in [-0.4, -0.2) is 39.6 Å². The van der Waals surface area contributed by atoms with E-state index >= 15 is 0 Å². The molecule has 0 radical (unpaired) electrons. The van der Waals surface area contributed by atoms with Gasteiger partial charge in [-0.15, -0.1) is 0 Å². The summed E-state index contributed by atoms with van der Waals surface area (Å²) in [7, 11) is 0. The summed E-state index contributed by atoms with van der Waals surface area (Å²) in [6.07, 6.45) is 1.15. The Kier molecular flexibility index (Phi) is 5.27. The van der Waals surface area contributed by atoms with Gasteiger partial charge in [0.15, 0.2) is 5.65 Å². The van der Waals surface area contributed by atoms with Gasteiger partial charge in [-0.2, -0.15) is 0 Å². The van der Waals surface area contributed by atoms with Gasteiger partial charge in [0.25, 0.3) is 11.5 Å². The highest BCUT2D eigenvalue weighted by Gasteiger charge is 2.21. The number of halogens is 1. The topological polar surface area (TPSA) is 96.8 Å². The lowest BCUT2D eigenvalue weighted by Crippen LogP contribution is -2.31. The molecule has 3 rings (SSSR count). The fraction of sp³-hybridized carbons (Fsp3) is 0.222. The zero-order valence-electron chi connectivity index (χ0n) is 14.7. The van der Waals surface area contributed by atoms with E-state index in [-0.39, 0.29) is 29.4 Å². The number of H-pyrrole nitrogens is 1. The third kappa shape index (κ3) is 3.56. The lowest BCUT2D eigenvalue weighted by Gasteiger charge is -2.20. The summed E-state index contributed by atoms with van der Waals surface area (Å²) in [6.45, 7) is 4.02. The fourth-order valence-electron chi connectivity index (χ4n) is 2.63. The molecule has 9 heteroatoms. The van der Waals surface area contributed by atoms with E-state index in [4.69, 9.17) is 16.3 Å². The first kappa shape index (κ1) is 18.7. The molecule has 1 amide bonds. The Labute approximate surface area is 159 Å². The number of amides is 1. The van der Waals surface area contributed by atoms with Crippen molar-refractivity contribution in [2.45, 2.75) is 13.8 Å². The van der Waals surface area contributed by atoms with Gasteiger partial charge < -0.3 is 9.64 Å². The number of aromatic amines is 1. The Bertz CT molecular complexity index is 1060. The maximum atomic E-state index is 12.9. The average molecular weight is 389 g/mol. The Balaban J connectivity index is 2.00. The van der Waals surface area contributed by atoms with Crippen molar-refractivity contribution < 1.29 is 14.3 Å². The molecule has 0 atom stereocenters. The van der Waals surface area contributed by atoms with Gasteiger partial charge in [-0.1, -0.05) is 11.6 Å². The van der Waals surface area contributed by atoms with Crippen molar-refractivity contribution in [2.24, 2.45) is 0 Å². The Morgan fingerprint density at radius 1 is 1.26 bits per heavy atom. The number of carbonyl (C=O) groups is 2. The first-order valence-electron chi connectivity index (χ1n) is 8.31. The second kappa shape index (κ2) is 7.63. The number of hydrogen-bond donors (Lipinski definition) is 1. The molecule has 0 unspecified atom stereocenters. The molecule has 8 nitrogen and oxygen atoms in total. The van der Waals surface area contributed by atoms with Crippen molar-refractivity contribution in [1.82, 2.24) is 14.6 Å². The number of fused-ring (bicyclic) bond motifs is 1. The summed E-state index contributed by atoms with van der Waals surface area (Å²) >= 11 is 5.90. The average Bonchev–Trinajstić information content (AvgIpc) is 3.09. The SMILES string of the molecule is CCOC(=O)c1cnc2cc(C(=O)N(CC)c3ccc(Cl)cc3)[nH]n2c1=O. The minimum atomic E-state index is -0.761. The third-order valence-electron chi connectivity index (χ3n) is 3.92. The fourth-order valence-corrected chi connectivity index (χ4v) is 2.75. The van der Waals surface area contributed by atoms with E-state index in [1.807, 2.05) is 6.92 Å². The van der Waals surface area contributed by atoms with E-state index in [1.54, 1.807) is 31.2 Å². The molecule has 2 aromatic heterocycles. The van der Waals surface area contributed by atoms with Crippen molar-refractivity contribution in [3.8, 4) is 0 Å². The number of esters is 1. The van der Waals surface area contributed by atoms with Crippen LogP contribution >= 0.6 is 11.6 Å². The van der Waals surface area contributed by atoms with Crippen LogP contribution < -0.4 is 10.5 Å². The molecule has 0 aliphatic carbocycles. The van der Waals surface area contributed by atoms with Gasteiger partial charge >= 0.3 is 5.97 Å². The first-order chi connectivity index (χ1) is 13.0. The highest BCUT2D eigenvalue weighted by molar-refractivity contribution is 6.30. The van der Waals surface area contributed by atoms with Crippen LogP contribution in [0.4, 0.5) is 5.69 Å². The molecule has 0 saturated heterocycles. The predicted molar refractivity (Wildman–Crippen MR) is 101 cm³/mol. The summed E-state index contributed by atoms with van der Waals surface area (Å²) < 4.78 is 5.89. The highest BCUT2D eigenvalue weighted by Crippen LogP contribution is 2.20. The quantitative estimate of drug-likeness (QED) is 0.677. The summed E-state index contributed by atoms with van der Waals surface area (Å²) in [4.78, 5) is 42.8. The number of nitrogens with zero attached hydrogens (tertiary/aromatic N) is 3. The Morgan fingerprint density at radius 2 is 1.96 bits per heavy atom. The van der Waals surface area contributed by atoms with E-state index in [0.29, 0.717) is 17.3 Å². The molecule has 140 valence electrons. The molecule has 0 saturated carbocycles. The maximum absolute atomic E-state index is 12.9. The van der Waals surface area contributed by atoms with Crippen molar-refractivity contribution >= 4 is 34.8 Å². The standard InChI is InChI=1S/C18H17ClN4O4/c1-3-22(12-7-5-11(19)6-8-12)17(25)14-9-15-20-10-13(18(26)27-4-2)16(24)23(15)21-14/h5-10,21H,3-4H2,1-2H3. The number of aromatic nitrogens is 3. The normalized spacial score (nSPS) is 10.8. The first-order valence-corrected chi connectivity index (χ1v) is 8.69. The molecule has 27 heavy (non-hydrogen) atoms. The summed E-state index contributed by atoms with van der Waals surface area (Å²) in [5.41, 5.74) is 0.214. The molecular formula is C18H17ClN4O4. The van der Waals surface area contributed by atoms with Gasteiger partial charge in [-0.3, -0.25) is 14.7 Å². The number of nitrogens with one attached hydrogen (secondary N) is 1. The van der Waals surface area contributed by atoms with Crippen LogP contribution in [-0.2, 0) is 4.74 Å². The predicted octanol–water partition coefficient (Wildman–Crippen LogP) is 2.52. The van der Waals surface area contributed by atoms with Crippen LogP contribution in [0.5, 0.6) is 0 Å². The number of ether oxygens (including phenoxy) is 1. The molecule has 0 aliphatic heterocycles. The molecule has 0 aliphatic rings. The molecule has 0 spiro atoms. The van der Waals surface area contributed by atoms with E-state index in [1.165, 1.54) is 11.0 Å². The smallest absolute Gasteiger partial charge is 0.345 e. The number of rotatable bonds is 5. The van der Waals surface area contributed by atoms with Crippen LogP contribution in [0.2, 0.25) is 5.02 Å². The number of hydrogen-bond acceptors (Lipinski definition) is 5. The molecule has 0 fully saturated rings. The van der Waals surface area contributed by atoms with Crippen molar-refractivity contribution in [3.05, 3.63) is 63.2 Å². The largest absolute Gasteiger partial charge is 0.462 e. The second-order valence-electron chi connectivity index (χ2n) is 5.59. The van der Waals surface area contributed by atoms with Gasteiger partial charge in [0.1, 0.15) is 11.3 Å². The zero-order chi connectivity index (χ0) is 19.6. The molecule has 0 bridgehead atoms. The Hall–Kier alpha value is -3.13. The van der Waals surface area contributed by atoms with E-state index < -0.39 is 11.5 Å². The van der Waals surface area contributed by atoms with E-state index in [0.717, 1.165) is 10.7 Å². The van der Waals surface area contributed by atoms with Crippen molar-refractivity contribution in [1.29, 1.82) is 0 Å². The number of carbonyl (C=O) groups excluding carboxylic acids is 2. The van der Waals surface area contributed by atoms with Crippen LogP contribution in [0.25, 0.3) is 5.65 Å². The van der Waals surface area contributed by atoms with Gasteiger partial charge in [0, 0.05) is 29.5 Å². The third-order valence-corrected chi connectivity index (χ3v) is 4.17. The second-order valence-corrected chi connectivity index (χ2v) is 6.02.